The van der Waals surface area contributed by atoms with Gasteiger partial charge in [0.25, 0.3) is 0 Å². The quantitative estimate of drug-likeness (QED) is 0.316. The van der Waals surface area contributed by atoms with Gasteiger partial charge in [0.1, 0.15) is 36.9 Å². The summed E-state index contributed by atoms with van der Waals surface area (Å²) in [6.45, 7) is 2.96. The topological polar surface area (TPSA) is 94.6 Å². The van der Waals surface area contributed by atoms with Crippen molar-refractivity contribution in [2.75, 3.05) is 44.2 Å². The largest absolute Gasteiger partial charge is 0.489 e. The lowest BCUT2D eigenvalue weighted by atomic mass is 10.1. The van der Waals surface area contributed by atoms with Crippen LogP contribution < -0.4 is 15.4 Å². The normalized spacial score (nSPS) is 10.9. The van der Waals surface area contributed by atoms with E-state index in [-0.39, 0.29) is 34.9 Å². The lowest BCUT2D eigenvalue weighted by molar-refractivity contribution is -0.119. The van der Waals surface area contributed by atoms with Crippen molar-refractivity contribution in [3.63, 3.8) is 0 Å². The van der Waals surface area contributed by atoms with E-state index in [0.29, 0.717) is 41.4 Å². The van der Waals surface area contributed by atoms with Crippen molar-refractivity contribution in [1.82, 2.24) is 9.97 Å². The first kappa shape index (κ1) is 23.9. The minimum Gasteiger partial charge on any atom is -0.489 e. The molecule has 2 N–H and O–H groups in total. The molecule has 0 aliphatic rings. The Kier molecular flexibility index (Phi) is 8.40. The molecule has 3 aromatic rings. The summed E-state index contributed by atoms with van der Waals surface area (Å²) < 4.78 is 30.3. The number of nitrogens with one attached hydrogen (secondary N) is 2. The summed E-state index contributed by atoms with van der Waals surface area (Å²) in [5.41, 5.74) is 0.976. The number of methoxy groups -OCH3 is 1. The molecule has 32 heavy (non-hydrogen) atoms. The first-order valence-electron chi connectivity index (χ1n) is 9.62. The Morgan fingerprint density at radius 1 is 1.09 bits per heavy atom. The SMILES string of the molecule is CCOCCOc1cc2ncnc(Nc3cc(Cl)c(Cl)cc3F)c2cc1NC(=O)COC. The van der Waals surface area contributed by atoms with Crippen molar-refractivity contribution in [2.24, 2.45) is 0 Å². The highest BCUT2D eigenvalue weighted by atomic mass is 35.5. The molecule has 8 nitrogen and oxygen atoms in total. The van der Waals surface area contributed by atoms with Crippen LogP contribution in [0.4, 0.5) is 21.6 Å². The number of fused-ring (bicyclic) bond motifs is 1. The second kappa shape index (κ2) is 11.2. The molecule has 0 bridgehead atoms. The van der Waals surface area contributed by atoms with Gasteiger partial charge in [-0.15, -0.1) is 0 Å². The van der Waals surface area contributed by atoms with Crippen LogP contribution in [0.25, 0.3) is 10.9 Å². The summed E-state index contributed by atoms with van der Waals surface area (Å²) >= 11 is 11.9. The van der Waals surface area contributed by atoms with Gasteiger partial charge in [0, 0.05) is 25.2 Å². The third-order valence-electron chi connectivity index (χ3n) is 4.24. The fourth-order valence-corrected chi connectivity index (χ4v) is 3.13. The molecule has 1 amide bonds. The summed E-state index contributed by atoms with van der Waals surface area (Å²) in [6.07, 6.45) is 1.33. The number of carbonyl (C=O) groups is 1. The van der Waals surface area contributed by atoms with Crippen LogP contribution in [0.1, 0.15) is 6.92 Å². The minimum atomic E-state index is -0.601. The Bertz CT molecular complexity index is 1120. The van der Waals surface area contributed by atoms with E-state index >= 15 is 0 Å². The van der Waals surface area contributed by atoms with Crippen molar-refractivity contribution >= 4 is 57.2 Å². The molecule has 3 rings (SSSR count). The van der Waals surface area contributed by atoms with Crippen LogP contribution in [-0.4, -0.2) is 49.4 Å². The molecule has 170 valence electrons. The van der Waals surface area contributed by atoms with Crippen molar-refractivity contribution in [1.29, 1.82) is 0 Å². The van der Waals surface area contributed by atoms with Crippen LogP contribution in [0.15, 0.2) is 30.6 Å². The third kappa shape index (κ3) is 5.95. The summed E-state index contributed by atoms with van der Waals surface area (Å²) in [6, 6.07) is 5.76. The maximum absolute atomic E-state index is 14.4. The number of hydrogen-bond donors (Lipinski definition) is 2. The fourth-order valence-electron chi connectivity index (χ4n) is 2.82. The number of amides is 1. The predicted molar refractivity (Wildman–Crippen MR) is 122 cm³/mol. The van der Waals surface area contributed by atoms with Gasteiger partial charge in [-0.3, -0.25) is 4.79 Å². The van der Waals surface area contributed by atoms with Crippen LogP contribution in [0.3, 0.4) is 0 Å². The Hall–Kier alpha value is -2.72. The van der Waals surface area contributed by atoms with E-state index in [9.17, 15) is 9.18 Å². The lowest BCUT2D eigenvalue weighted by Crippen LogP contribution is -2.18. The zero-order valence-electron chi connectivity index (χ0n) is 17.4. The highest BCUT2D eigenvalue weighted by molar-refractivity contribution is 6.42. The van der Waals surface area contributed by atoms with E-state index in [1.54, 1.807) is 12.1 Å². The minimum absolute atomic E-state index is 0.0846. The maximum atomic E-state index is 14.4. The second-order valence-corrected chi connectivity index (χ2v) is 7.30. The number of rotatable bonds is 10. The summed E-state index contributed by atoms with van der Waals surface area (Å²) in [5.74, 6) is -0.276. The van der Waals surface area contributed by atoms with E-state index in [1.165, 1.54) is 19.5 Å². The molecular weight excluding hydrogens is 462 g/mol. The molecule has 0 saturated heterocycles. The molecule has 0 aliphatic heterocycles. The second-order valence-electron chi connectivity index (χ2n) is 6.49. The smallest absolute Gasteiger partial charge is 0.250 e. The Morgan fingerprint density at radius 2 is 1.88 bits per heavy atom. The average molecular weight is 483 g/mol. The van der Waals surface area contributed by atoms with Gasteiger partial charge in [-0.25, -0.2) is 14.4 Å². The molecule has 1 heterocycles. The molecule has 0 saturated carbocycles. The predicted octanol–water partition coefficient (Wildman–Crippen LogP) is 4.82. The van der Waals surface area contributed by atoms with Crippen molar-refractivity contribution in [2.45, 2.75) is 6.92 Å². The Morgan fingerprint density at radius 3 is 2.62 bits per heavy atom. The summed E-state index contributed by atoms with van der Waals surface area (Å²) in [4.78, 5) is 20.6. The number of ether oxygens (including phenoxy) is 3. The Balaban J connectivity index is 2.00. The molecule has 0 fully saturated rings. The van der Waals surface area contributed by atoms with Crippen LogP contribution >= 0.6 is 23.2 Å². The zero-order valence-corrected chi connectivity index (χ0v) is 18.9. The van der Waals surface area contributed by atoms with Gasteiger partial charge in [-0.1, -0.05) is 23.2 Å². The average Bonchev–Trinajstić information content (AvgIpc) is 2.75. The van der Waals surface area contributed by atoms with Crippen LogP contribution in [0.2, 0.25) is 10.0 Å². The van der Waals surface area contributed by atoms with E-state index in [4.69, 9.17) is 37.4 Å². The molecule has 0 radical (unpaired) electrons. The van der Waals surface area contributed by atoms with Gasteiger partial charge in [0.15, 0.2) is 0 Å². The Labute approximate surface area is 194 Å². The van der Waals surface area contributed by atoms with Gasteiger partial charge in [-0.2, -0.15) is 0 Å². The highest BCUT2D eigenvalue weighted by Gasteiger charge is 2.15. The van der Waals surface area contributed by atoms with Gasteiger partial charge in [0.2, 0.25) is 5.91 Å². The summed E-state index contributed by atoms with van der Waals surface area (Å²) in [5, 5.41) is 6.44. The van der Waals surface area contributed by atoms with Crippen LogP contribution in [-0.2, 0) is 14.3 Å². The molecule has 0 aliphatic carbocycles. The number of anilines is 3. The van der Waals surface area contributed by atoms with E-state index in [1.807, 2.05) is 6.92 Å². The molecule has 0 spiro atoms. The molecule has 1 aromatic heterocycles. The fraction of sp³-hybridized carbons (Fsp3) is 0.286. The van der Waals surface area contributed by atoms with Gasteiger partial charge in [-0.05, 0) is 25.1 Å². The van der Waals surface area contributed by atoms with Gasteiger partial charge in [0.05, 0.1) is 33.5 Å². The standard InChI is InChI=1S/C21H21Cl2FN4O4/c1-3-31-4-5-32-19-9-16-12(6-18(19)27-20(29)10-30-2)21(26-11-25-16)28-17-8-14(23)13(22)7-15(17)24/h6-9,11H,3-5,10H2,1-2H3,(H,27,29)(H,25,26,28). The van der Waals surface area contributed by atoms with Crippen molar-refractivity contribution in [3.8, 4) is 5.75 Å². The van der Waals surface area contributed by atoms with E-state index < -0.39 is 5.82 Å². The number of benzene rings is 2. The monoisotopic (exact) mass is 482 g/mol. The third-order valence-corrected chi connectivity index (χ3v) is 4.96. The van der Waals surface area contributed by atoms with E-state index in [0.717, 1.165) is 6.07 Å². The molecular formula is C21H21Cl2FN4O4. The highest BCUT2D eigenvalue weighted by Crippen LogP contribution is 2.35. The van der Waals surface area contributed by atoms with Crippen LogP contribution in [0.5, 0.6) is 5.75 Å². The molecule has 0 atom stereocenters. The number of hydrogen-bond acceptors (Lipinski definition) is 7. The van der Waals surface area contributed by atoms with Crippen molar-refractivity contribution < 1.29 is 23.4 Å². The summed E-state index contributed by atoms with van der Waals surface area (Å²) in [7, 11) is 1.42. The number of nitrogens with zero attached hydrogens (tertiary/aromatic N) is 2. The number of carbonyl (C=O) groups excluding carboxylic acids is 1. The van der Waals surface area contributed by atoms with E-state index in [2.05, 4.69) is 20.6 Å². The first-order chi connectivity index (χ1) is 15.4. The van der Waals surface area contributed by atoms with Crippen LogP contribution in [0, 0.1) is 5.82 Å². The molecule has 11 heteroatoms. The first-order valence-corrected chi connectivity index (χ1v) is 10.4. The zero-order chi connectivity index (χ0) is 23.1. The van der Waals surface area contributed by atoms with Gasteiger partial charge < -0.3 is 24.8 Å². The molecule has 2 aromatic carbocycles. The maximum Gasteiger partial charge on any atom is 0.250 e. The van der Waals surface area contributed by atoms with Crippen molar-refractivity contribution in [3.05, 3.63) is 46.5 Å². The van der Waals surface area contributed by atoms with Gasteiger partial charge >= 0.3 is 0 Å². The number of halogens is 3. The molecule has 0 unspecified atom stereocenters. The number of aromatic nitrogens is 2. The lowest BCUT2D eigenvalue weighted by Gasteiger charge is -2.15.